The van der Waals surface area contributed by atoms with Crippen LogP contribution in [-0.2, 0) is 20.6 Å². The van der Waals surface area contributed by atoms with Crippen molar-refractivity contribution in [1.29, 1.82) is 0 Å². The van der Waals surface area contributed by atoms with Crippen LogP contribution in [0.2, 0.25) is 0 Å². The molecule has 0 bridgehead atoms. The lowest BCUT2D eigenvalue weighted by Crippen LogP contribution is -2.51. The third kappa shape index (κ3) is 4.87. The standard InChI is InChI=1S/C24H33N5O4S/c1-32-11-12-33-19-3-2-10-29(15-19)24(34(30)31)17-6-4-16(5-7-17)22-21-18(14-27-28-22)13-26-23-20(21)8-9-25-23/h8-9,13-14,16-17,19,24,28H,2-7,10-12,15H2,1H3,(H,30,31)/p-1. The van der Waals surface area contributed by atoms with Crippen molar-refractivity contribution in [3.63, 3.8) is 0 Å². The van der Waals surface area contributed by atoms with Crippen molar-refractivity contribution in [2.24, 2.45) is 5.92 Å². The highest BCUT2D eigenvalue weighted by Gasteiger charge is 2.35. The van der Waals surface area contributed by atoms with Crippen LogP contribution in [0.1, 0.15) is 50.1 Å². The average molecular weight is 487 g/mol. The Bertz CT molecular complexity index is 1130. The molecule has 0 amide bonds. The molecule has 3 aromatic heterocycles. The van der Waals surface area contributed by atoms with E-state index in [1.54, 1.807) is 13.3 Å². The monoisotopic (exact) mass is 486 g/mol. The highest BCUT2D eigenvalue weighted by molar-refractivity contribution is 7.79. The Hall–Kier alpha value is -1.98. The molecule has 2 fully saturated rings. The van der Waals surface area contributed by atoms with E-state index < -0.39 is 16.5 Å². The SMILES string of the molecule is COCCOC1CCCN(C(C2CCC(c3[nH]ncc4cnc5nccc5c34)CC2)S(=O)[O-])C1. The lowest BCUT2D eigenvalue weighted by atomic mass is 9.79. The third-order valence-corrected chi connectivity index (χ3v) is 8.49. The summed E-state index contributed by atoms with van der Waals surface area (Å²) in [6.45, 7) is 2.57. The van der Waals surface area contributed by atoms with E-state index >= 15 is 0 Å². The molecule has 3 atom stereocenters. The average Bonchev–Trinajstić information content (AvgIpc) is 3.34. The molecule has 5 rings (SSSR count). The van der Waals surface area contributed by atoms with Crippen LogP contribution in [0.3, 0.4) is 0 Å². The molecular weight excluding hydrogens is 454 g/mol. The van der Waals surface area contributed by atoms with Crippen molar-refractivity contribution in [1.82, 2.24) is 25.1 Å². The van der Waals surface area contributed by atoms with Gasteiger partial charge in [0.25, 0.3) is 0 Å². The van der Waals surface area contributed by atoms with E-state index in [1.165, 1.54) is 0 Å². The van der Waals surface area contributed by atoms with E-state index in [9.17, 15) is 8.76 Å². The summed E-state index contributed by atoms with van der Waals surface area (Å²) in [6.07, 6.45) is 11.0. The number of H-pyrrole nitrogens is 1. The van der Waals surface area contributed by atoms with Crippen LogP contribution in [0.4, 0.5) is 0 Å². The molecule has 34 heavy (non-hydrogen) atoms. The maximum Gasteiger partial charge on any atom is 0.159 e. The number of aromatic nitrogens is 4. The van der Waals surface area contributed by atoms with Crippen molar-refractivity contribution in [2.45, 2.75) is 55.9 Å². The molecular formula is C24H32N5O4S-. The van der Waals surface area contributed by atoms with Gasteiger partial charge in [-0.15, -0.1) is 0 Å². The Morgan fingerprint density at radius 2 is 2.06 bits per heavy atom. The second-order valence-corrected chi connectivity index (χ2v) is 10.4. The molecule has 0 radical (unpaired) electrons. The van der Waals surface area contributed by atoms with Crippen molar-refractivity contribution in [3.05, 3.63) is 30.4 Å². The van der Waals surface area contributed by atoms with Gasteiger partial charge < -0.3 is 14.0 Å². The van der Waals surface area contributed by atoms with Gasteiger partial charge in [-0.1, -0.05) is 0 Å². The minimum Gasteiger partial charge on any atom is -0.771 e. The first-order chi connectivity index (χ1) is 16.7. The molecule has 3 aromatic rings. The molecule has 0 aromatic carbocycles. The topological polar surface area (TPSA) is 116 Å². The number of pyridine rings is 1. The van der Waals surface area contributed by atoms with Gasteiger partial charge in [0.2, 0.25) is 0 Å². The van der Waals surface area contributed by atoms with E-state index in [4.69, 9.17) is 9.47 Å². The minimum atomic E-state index is -2.15. The summed E-state index contributed by atoms with van der Waals surface area (Å²) in [5, 5.41) is 10.3. The van der Waals surface area contributed by atoms with Gasteiger partial charge in [0, 0.05) is 53.8 Å². The molecule has 1 saturated carbocycles. The number of fused-ring (bicyclic) bond motifs is 3. The number of likely N-dealkylation sites (tertiary alicyclic amines) is 1. The van der Waals surface area contributed by atoms with E-state index in [2.05, 4.69) is 25.1 Å². The van der Waals surface area contributed by atoms with Gasteiger partial charge in [-0.25, -0.2) is 9.97 Å². The van der Waals surface area contributed by atoms with E-state index in [0.717, 1.165) is 72.6 Å². The van der Waals surface area contributed by atoms with Crippen LogP contribution in [0.15, 0.2) is 24.7 Å². The van der Waals surface area contributed by atoms with Gasteiger partial charge >= 0.3 is 0 Å². The molecule has 0 spiro atoms. The summed E-state index contributed by atoms with van der Waals surface area (Å²) < 4.78 is 35.8. The van der Waals surface area contributed by atoms with Crippen LogP contribution >= 0.6 is 0 Å². The molecule has 184 valence electrons. The van der Waals surface area contributed by atoms with Gasteiger partial charge in [0.05, 0.1) is 30.9 Å². The maximum absolute atomic E-state index is 12.4. The molecule has 2 aliphatic rings. The molecule has 10 heteroatoms. The summed E-state index contributed by atoms with van der Waals surface area (Å²) >= 11 is -2.15. The fourth-order valence-electron chi connectivity index (χ4n) is 5.80. The van der Waals surface area contributed by atoms with Crippen LogP contribution in [0, 0.1) is 5.92 Å². The predicted molar refractivity (Wildman–Crippen MR) is 129 cm³/mol. The number of piperidine rings is 1. The second kappa shape index (κ2) is 10.7. The summed E-state index contributed by atoms with van der Waals surface area (Å²) in [5.74, 6) is 0.428. The third-order valence-electron chi connectivity index (χ3n) is 7.41. The Kier molecular flexibility index (Phi) is 7.50. The largest absolute Gasteiger partial charge is 0.771 e. The highest BCUT2D eigenvalue weighted by atomic mass is 32.2. The number of aromatic amines is 1. The Balaban J connectivity index is 1.29. The lowest BCUT2D eigenvalue weighted by molar-refractivity contribution is -0.0290. The van der Waals surface area contributed by atoms with E-state index in [0.29, 0.717) is 25.7 Å². The number of rotatable bonds is 8. The normalized spacial score (nSPS) is 26.1. The van der Waals surface area contributed by atoms with Crippen molar-refractivity contribution in [3.8, 4) is 0 Å². The van der Waals surface area contributed by atoms with Gasteiger partial charge in [-0.3, -0.25) is 14.2 Å². The Morgan fingerprint density at radius 3 is 2.85 bits per heavy atom. The molecule has 1 saturated heterocycles. The number of nitrogens with one attached hydrogen (secondary N) is 1. The number of ether oxygens (including phenoxy) is 2. The predicted octanol–water partition coefficient (Wildman–Crippen LogP) is 3.11. The van der Waals surface area contributed by atoms with Crippen LogP contribution in [-0.4, -0.2) is 78.7 Å². The molecule has 1 aliphatic carbocycles. The quantitative estimate of drug-likeness (QED) is 0.381. The molecule has 9 nitrogen and oxygen atoms in total. The first-order valence-corrected chi connectivity index (χ1v) is 13.3. The zero-order valence-electron chi connectivity index (χ0n) is 19.5. The highest BCUT2D eigenvalue weighted by Crippen LogP contribution is 2.41. The molecule has 1 N–H and O–H groups in total. The molecule has 1 aliphatic heterocycles. The smallest absolute Gasteiger partial charge is 0.159 e. The lowest BCUT2D eigenvalue weighted by Gasteiger charge is -2.44. The van der Waals surface area contributed by atoms with Crippen molar-refractivity contribution >= 4 is 32.9 Å². The summed E-state index contributed by atoms with van der Waals surface area (Å²) in [5.41, 5.74) is 1.86. The van der Waals surface area contributed by atoms with Gasteiger partial charge in [0.15, 0.2) is 5.65 Å². The van der Waals surface area contributed by atoms with Crippen molar-refractivity contribution in [2.75, 3.05) is 33.4 Å². The number of hydrogen-bond donors (Lipinski definition) is 1. The number of nitrogens with zero attached hydrogens (tertiary/aromatic N) is 4. The van der Waals surface area contributed by atoms with E-state index in [-0.39, 0.29) is 12.0 Å². The van der Waals surface area contributed by atoms with Gasteiger partial charge in [0.1, 0.15) is 0 Å². The maximum atomic E-state index is 12.4. The van der Waals surface area contributed by atoms with E-state index in [1.807, 2.05) is 18.5 Å². The number of methoxy groups -OCH3 is 1. The first kappa shape index (κ1) is 23.7. The summed E-state index contributed by atoms with van der Waals surface area (Å²) in [6, 6.07) is 2.01. The molecule has 4 heterocycles. The number of hydrogen-bond acceptors (Lipinski definition) is 8. The van der Waals surface area contributed by atoms with Gasteiger partial charge in [-0.05, 0) is 68.1 Å². The fourth-order valence-corrected chi connectivity index (χ4v) is 6.82. The first-order valence-electron chi connectivity index (χ1n) is 12.1. The van der Waals surface area contributed by atoms with Crippen molar-refractivity contribution < 1.29 is 18.2 Å². The van der Waals surface area contributed by atoms with Gasteiger partial charge in [-0.2, -0.15) is 5.10 Å². The minimum absolute atomic E-state index is 0.0665. The Morgan fingerprint density at radius 1 is 1.21 bits per heavy atom. The summed E-state index contributed by atoms with van der Waals surface area (Å²) in [7, 11) is 1.66. The van der Waals surface area contributed by atoms with Crippen LogP contribution in [0.5, 0.6) is 0 Å². The zero-order chi connectivity index (χ0) is 23.5. The fraction of sp³-hybridized carbons (Fsp3) is 0.625. The zero-order valence-corrected chi connectivity index (χ0v) is 20.3. The molecule has 3 unspecified atom stereocenters. The summed E-state index contributed by atoms with van der Waals surface area (Å²) in [4.78, 5) is 10.9. The second-order valence-electron chi connectivity index (χ2n) is 9.44. The van der Waals surface area contributed by atoms with Crippen LogP contribution in [0.25, 0.3) is 21.8 Å². The van der Waals surface area contributed by atoms with Crippen LogP contribution < -0.4 is 0 Å². The Labute approximate surface area is 201 Å².